The van der Waals surface area contributed by atoms with Gasteiger partial charge in [0, 0.05) is 5.56 Å². The molecule has 0 aliphatic rings. The van der Waals surface area contributed by atoms with Crippen LogP contribution in [0.25, 0.3) is 16.9 Å². The molecule has 0 saturated carbocycles. The summed E-state index contributed by atoms with van der Waals surface area (Å²) in [5.74, 6) is 0.861. The Morgan fingerprint density at radius 1 is 0.935 bits per heavy atom. The minimum absolute atomic E-state index is 0.0651. The summed E-state index contributed by atoms with van der Waals surface area (Å²) >= 11 is 0. The molecule has 156 valence electrons. The molecular formula is C22H17N3O5S. The first kappa shape index (κ1) is 20.3. The lowest BCUT2D eigenvalue weighted by molar-refractivity contribution is -0.120. The van der Waals surface area contributed by atoms with Gasteiger partial charge in [-0.2, -0.15) is 0 Å². The molecule has 31 heavy (non-hydrogen) atoms. The number of methoxy groups -OCH3 is 1. The Morgan fingerprint density at radius 3 is 2.39 bits per heavy atom. The quantitative estimate of drug-likeness (QED) is 0.411. The average Bonchev–Trinajstić information content (AvgIpc) is 3.30. The Kier molecular flexibility index (Phi) is 5.50. The van der Waals surface area contributed by atoms with E-state index in [9.17, 15) is 13.2 Å². The van der Waals surface area contributed by atoms with Crippen molar-refractivity contribution in [1.82, 2.24) is 15.0 Å². The molecule has 9 heteroatoms. The second-order valence-corrected chi connectivity index (χ2v) is 8.32. The minimum Gasteiger partial charge on any atom is -0.494 e. The van der Waals surface area contributed by atoms with Crippen molar-refractivity contribution in [2.45, 2.75) is 9.79 Å². The van der Waals surface area contributed by atoms with Crippen LogP contribution in [0.2, 0.25) is 0 Å². The van der Waals surface area contributed by atoms with E-state index in [0.29, 0.717) is 22.7 Å². The highest BCUT2D eigenvalue weighted by molar-refractivity contribution is 7.91. The number of para-hydroxylation sites is 2. The molecular weight excluding hydrogens is 418 g/mol. The van der Waals surface area contributed by atoms with E-state index in [-0.39, 0.29) is 22.0 Å². The first-order chi connectivity index (χ1) is 15.0. The summed E-state index contributed by atoms with van der Waals surface area (Å²) < 4.78 is 38.2. The van der Waals surface area contributed by atoms with Gasteiger partial charge in [0.25, 0.3) is 6.47 Å². The molecule has 0 radical (unpaired) electrons. The van der Waals surface area contributed by atoms with Crippen LogP contribution in [0.5, 0.6) is 11.5 Å². The molecule has 0 fully saturated rings. The molecule has 0 amide bonds. The van der Waals surface area contributed by atoms with Crippen LogP contribution >= 0.6 is 0 Å². The zero-order chi connectivity index (χ0) is 21.8. The van der Waals surface area contributed by atoms with Gasteiger partial charge in [-0.1, -0.05) is 35.5 Å². The number of hydrogen-bond donors (Lipinski definition) is 0. The lowest BCUT2D eigenvalue weighted by Gasteiger charge is -2.09. The van der Waals surface area contributed by atoms with E-state index in [0.717, 1.165) is 0 Å². The van der Waals surface area contributed by atoms with Gasteiger partial charge in [0.1, 0.15) is 22.9 Å². The highest BCUT2D eigenvalue weighted by atomic mass is 32.2. The van der Waals surface area contributed by atoms with Gasteiger partial charge in [0.05, 0.1) is 23.1 Å². The van der Waals surface area contributed by atoms with Gasteiger partial charge in [-0.25, -0.2) is 13.1 Å². The van der Waals surface area contributed by atoms with Crippen molar-refractivity contribution in [2.75, 3.05) is 7.11 Å². The minimum atomic E-state index is -3.86. The summed E-state index contributed by atoms with van der Waals surface area (Å²) in [5.41, 5.74) is 1.48. The molecule has 0 aliphatic heterocycles. The number of nitrogens with zero attached hydrogens (tertiary/aromatic N) is 3. The second kappa shape index (κ2) is 8.41. The fourth-order valence-corrected chi connectivity index (χ4v) is 4.58. The Morgan fingerprint density at radius 2 is 1.65 bits per heavy atom. The third-order valence-electron chi connectivity index (χ3n) is 4.60. The van der Waals surface area contributed by atoms with Crippen molar-refractivity contribution < 1.29 is 22.7 Å². The molecule has 0 spiro atoms. The highest BCUT2D eigenvalue weighted by Crippen LogP contribution is 2.32. The predicted molar refractivity (Wildman–Crippen MR) is 112 cm³/mol. The molecule has 8 nitrogen and oxygen atoms in total. The van der Waals surface area contributed by atoms with E-state index in [1.54, 1.807) is 37.6 Å². The van der Waals surface area contributed by atoms with Crippen LogP contribution in [0, 0.1) is 0 Å². The van der Waals surface area contributed by atoms with Gasteiger partial charge < -0.3 is 9.47 Å². The molecule has 1 heterocycles. The lowest BCUT2D eigenvalue weighted by atomic mass is 10.2. The zero-order valence-corrected chi connectivity index (χ0v) is 17.2. The maximum atomic E-state index is 13.3. The molecule has 3 aromatic carbocycles. The molecule has 1 aromatic heterocycles. The maximum absolute atomic E-state index is 13.3. The smallest absolute Gasteiger partial charge is 0.298 e. The number of hydrogen-bond acceptors (Lipinski definition) is 7. The molecule has 0 N–H and O–H groups in total. The first-order valence-electron chi connectivity index (χ1n) is 9.15. The Bertz CT molecular complexity index is 1330. The number of benzene rings is 3. The van der Waals surface area contributed by atoms with Crippen LogP contribution in [-0.2, 0) is 14.6 Å². The maximum Gasteiger partial charge on any atom is 0.298 e. The summed E-state index contributed by atoms with van der Waals surface area (Å²) in [6, 6.07) is 19.5. The van der Waals surface area contributed by atoms with E-state index in [2.05, 4.69) is 10.3 Å². The standard InChI is InChI=1S/C22H17N3O5S/c1-29-21-8-4-3-7-20(21)25-14-19(23-24-25)18-6-2-5-9-22(18)31(27,28)17-12-10-16(11-13-17)30-15-26/h2-15H,1H3. The Hall–Kier alpha value is -3.98. The SMILES string of the molecule is COc1ccccc1-n1cc(-c2ccccc2S(=O)(=O)c2ccc(OC=O)cc2)nn1. The van der Waals surface area contributed by atoms with Gasteiger partial charge in [-0.05, 0) is 42.5 Å². The summed E-state index contributed by atoms with van der Waals surface area (Å²) in [6.07, 6.45) is 1.65. The molecule has 4 rings (SSSR count). The van der Waals surface area contributed by atoms with Crippen LogP contribution in [0.4, 0.5) is 0 Å². The summed E-state index contributed by atoms with van der Waals surface area (Å²) in [7, 11) is -2.30. The van der Waals surface area contributed by atoms with Gasteiger partial charge in [0.15, 0.2) is 0 Å². The third kappa shape index (κ3) is 3.90. The van der Waals surface area contributed by atoms with Crippen LogP contribution in [-0.4, -0.2) is 37.0 Å². The highest BCUT2D eigenvalue weighted by Gasteiger charge is 2.23. The number of carbonyl (C=O) groups is 1. The third-order valence-corrected chi connectivity index (χ3v) is 6.42. The van der Waals surface area contributed by atoms with E-state index in [4.69, 9.17) is 9.47 Å². The van der Waals surface area contributed by atoms with Crippen molar-refractivity contribution in [3.8, 4) is 28.4 Å². The van der Waals surface area contributed by atoms with E-state index >= 15 is 0 Å². The number of sulfone groups is 1. The largest absolute Gasteiger partial charge is 0.494 e. The first-order valence-corrected chi connectivity index (χ1v) is 10.6. The molecule has 0 bridgehead atoms. The van der Waals surface area contributed by atoms with Crippen LogP contribution < -0.4 is 9.47 Å². The Labute approximate surface area is 178 Å². The van der Waals surface area contributed by atoms with Gasteiger partial charge in [-0.3, -0.25) is 4.79 Å². The zero-order valence-electron chi connectivity index (χ0n) is 16.4. The van der Waals surface area contributed by atoms with Crippen LogP contribution in [0.3, 0.4) is 0 Å². The van der Waals surface area contributed by atoms with Crippen LogP contribution in [0.1, 0.15) is 0 Å². The van der Waals surface area contributed by atoms with Gasteiger partial charge in [-0.15, -0.1) is 5.10 Å². The van der Waals surface area contributed by atoms with Crippen molar-refractivity contribution in [3.05, 3.63) is 79.0 Å². The average molecular weight is 435 g/mol. The molecule has 0 aliphatic carbocycles. The predicted octanol–water partition coefficient (Wildman–Crippen LogP) is 3.31. The van der Waals surface area contributed by atoms with Gasteiger partial charge >= 0.3 is 0 Å². The fraction of sp³-hybridized carbons (Fsp3) is 0.0455. The van der Waals surface area contributed by atoms with Crippen molar-refractivity contribution in [3.63, 3.8) is 0 Å². The topological polar surface area (TPSA) is 100 Å². The molecule has 4 aromatic rings. The van der Waals surface area contributed by atoms with Crippen molar-refractivity contribution >= 4 is 16.3 Å². The van der Waals surface area contributed by atoms with E-state index in [1.807, 2.05) is 18.2 Å². The summed E-state index contributed by atoms with van der Waals surface area (Å²) in [5, 5.41) is 8.32. The Balaban J connectivity index is 1.76. The lowest BCUT2D eigenvalue weighted by Crippen LogP contribution is -2.04. The normalized spacial score (nSPS) is 11.1. The van der Waals surface area contributed by atoms with Crippen molar-refractivity contribution in [1.29, 1.82) is 0 Å². The van der Waals surface area contributed by atoms with Gasteiger partial charge in [0.2, 0.25) is 9.84 Å². The monoisotopic (exact) mass is 435 g/mol. The van der Waals surface area contributed by atoms with E-state index in [1.165, 1.54) is 35.0 Å². The molecule has 0 unspecified atom stereocenters. The number of carbonyl (C=O) groups excluding carboxylic acids is 1. The number of rotatable bonds is 7. The summed E-state index contributed by atoms with van der Waals surface area (Å²) in [6.45, 7) is 0.282. The molecule has 0 atom stereocenters. The van der Waals surface area contributed by atoms with Crippen LogP contribution in [0.15, 0.2) is 88.8 Å². The number of ether oxygens (including phenoxy) is 2. The molecule has 0 saturated heterocycles. The number of aromatic nitrogens is 3. The van der Waals surface area contributed by atoms with E-state index < -0.39 is 9.84 Å². The fourth-order valence-electron chi connectivity index (χ4n) is 3.12. The second-order valence-electron chi connectivity index (χ2n) is 6.41. The van der Waals surface area contributed by atoms with Crippen molar-refractivity contribution in [2.24, 2.45) is 0 Å². The summed E-state index contributed by atoms with van der Waals surface area (Å²) in [4.78, 5) is 10.6.